The van der Waals surface area contributed by atoms with Gasteiger partial charge in [0.15, 0.2) is 5.16 Å². The molecule has 0 aliphatic heterocycles. The number of thiazole rings is 1. The topological polar surface area (TPSA) is 63.6 Å². The summed E-state index contributed by atoms with van der Waals surface area (Å²) in [7, 11) is 0. The lowest BCUT2D eigenvalue weighted by atomic mass is 10.2. The Labute approximate surface area is 158 Å². The van der Waals surface area contributed by atoms with Crippen molar-refractivity contribution in [3.8, 4) is 10.6 Å². The number of nitrogens with zero attached hydrogens (tertiary/aromatic N) is 3. The predicted octanol–water partition coefficient (Wildman–Crippen LogP) is 4.04. The number of aromatic nitrogens is 4. The van der Waals surface area contributed by atoms with Gasteiger partial charge in [0, 0.05) is 16.7 Å². The zero-order valence-corrected chi connectivity index (χ0v) is 15.5. The van der Waals surface area contributed by atoms with E-state index < -0.39 is 0 Å². The van der Waals surface area contributed by atoms with Crippen LogP contribution in [0.4, 0.5) is 0 Å². The first-order chi connectivity index (χ1) is 12.8. The first-order valence-electron chi connectivity index (χ1n) is 8.11. The molecule has 0 aliphatic carbocycles. The molecular formula is C19H16N4OS2. The van der Waals surface area contributed by atoms with Crippen LogP contribution in [-0.2, 0) is 12.3 Å². The van der Waals surface area contributed by atoms with E-state index in [-0.39, 0.29) is 5.69 Å². The Morgan fingerprint density at radius 2 is 1.77 bits per heavy atom. The fourth-order valence-electron chi connectivity index (χ4n) is 2.54. The molecule has 0 fully saturated rings. The van der Waals surface area contributed by atoms with Crippen LogP contribution in [0.25, 0.3) is 10.6 Å². The van der Waals surface area contributed by atoms with Gasteiger partial charge in [-0.2, -0.15) is 0 Å². The van der Waals surface area contributed by atoms with Gasteiger partial charge in [-0.05, 0) is 5.56 Å². The first-order valence-corrected chi connectivity index (χ1v) is 9.98. The van der Waals surface area contributed by atoms with Crippen LogP contribution in [0.3, 0.4) is 0 Å². The lowest BCUT2D eigenvalue weighted by molar-refractivity contribution is 0.687. The van der Waals surface area contributed by atoms with Crippen molar-refractivity contribution in [2.45, 2.75) is 17.5 Å². The van der Waals surface area contributed by atoms with Crippen molar-refractivity contribution in [3.63, 3.8) is 0 Å². The molecule has 0 bridgehead atoms. The Morgan fingerprint density at radius 1 is 1.04 bits per heavy atom. The number of nitrogens with one attached hydrogen (secondary N) is 1. The second kappa shape index (κ2) is 7.72. The van der Waals surface area contributed by atoms with Crippen LogP contribution in [0, 0.1) is 0 Å². The van der Waals surface area contributed by atoms with Crippen LogP contribution in [0.2, 0.25) is 0 Å². The largest absolute Gasteiger partial charge is 0.344 e. The minimum absolute atomic E-state index is 0.195. The summed E-state index contributed by atoms with van der Waals surface area (Å²) >= 11 is 3.14. The second-order valence-corrected chi connectivity index (χ2v) is 7.48. The van der Waals surface area contributed by atoms with E-state index in [0.29, 0.717) is 17.5 Å². The molecule has 26 heavy (non-hydrogen) atoms. The van der Waals surface area contributed by atoms with Crippen LogP contribution in [0.15, 0.2) is 76.0 Å². The standard InChI is InChI=1S/C19H16N4OS2/c24-18-21-22-19(23(18)11-14-7-3-1-4-8-14)26-13-16-12-25-17(20-16)15-9-5-2-6-10-15/h1-10,12H,11,13H2,(H,21,24). The molecule has 7 heteroatoms. The summed E-state index contributed by atoms with van der Waals surface area (Å²) in [6.45, 7) is 0.505. The monoisotopic (exact) mass is 380 g/mol. The quantitative estimate of drug-likeness (QED) is 0.513. The zero-order valence-electron chi connectivity index (χ0n) is 13.8. The molecule has 2 aromatic carbocycles. The van der Waals surface area contributed by atoms with Gasteiger partial charge in [-0.15, -0.1) is 16.4 Å². The molecule has 4 rings (SSSR count). The molecule has 0 saturated carbocycles. The van der Waals surface area contributed by atoms with E-state index >= 15 is 0 Å². The van der Waals surface area contributed by atoms with Crippen molar-refractivity contribution in [1.29, 1.82) is 0 Å². The van der Waals surface area contributed by atoms with Crippen molar-refractivity contribution < 1.29 is 0 Å². The highest BCUT2D eigenvalue weighted by atomic mass is 32.2. The number of hydrogen-bond acceptors (Lipinski definition) is 5. The fraction of sp³-hybridized carbons (Fsp3) is 0.105. The van der Waals surface area contributed by atoms with Crippen molar-refractivity contribution in [2.24, 2.45) is 0 Å². The summed E-state index contributed by atoms with van der Waals surface area (Å²) < 4.78 is 1.66. The molecule has 130 valence electrons. The van der Waals surface area contributed by atoms with Crippen LogP contribution in [0.5, 0.6) is 0 Å². The van der Waals surface area contributed by atoms with E-state index in [2.05, 4.69) is 32.7 Å². The summed E-state index contributed by atoms with van der Waals surface area (Å²) in [6, 6.07) is 20.0. The minimum Gasteiger partial charge on any atom is -0.266 e. The number of aromatic amines is 1. The van der Waals surface area contributed by atoms with Crippen LogP contribution in [-0.4, -0.2) is 19.7 Å². The van der Waals surface area contributed by atoms with Gasteiger partial charge in [0.1, 0.15) is 5.01 Å². The van der Waals surface area contributed by atoms with E-state index in [9.17, 15) is 4.79 Å². The highest BCUT2D eigenvalue weighted by Gasteiger charge is 2.11. The van der Waals surface area contributed by atoms with E-state index in [1.807, 2.05) is 48.5 Å². The number of H-pyrrole nitrogens is 1. The van der Waals surface area contributed by atoms with Crippen LogP contribution >= 0.6 is 23.1 Å². The van der Waals surface area contributed by atoms with Crippen molar-refractivity contribution in [2.75, 3.05) is 0 Å². The number of hydrogen-bond donors (Lipinski definition) is 1. The van der Waals surface area contributed by atoms with Crippen LogP contribution in [0.1, 0.15) is 11.3 Å². The number of rotatable bonds is 6. The number of thioether (sulfide) groups is 1. The maximum Gasteiger partial charge on any atom is 0.344 e. The molecular weight excluding hydrogens is 364 g/mol. The normalized spacial score (nSPS) is 10.9. The molecule has 4 aromatic rings. The molecule has 0 radical (unpaired) electrons. The van der Waals surface area contributed by atoms with E-state index in [1.165, 1.54) is 11.8 Å². The maximum atomic E-state index is 12.1. The van der Waals surface area contributed by atoms with E-state index in [4.69, 9.17) is 0 Å². The smallest absolute Gasteiger partial charge is 0.266 e. The Bertz CT molecular complexity index is 1040. The Balaban J connectivity index is 1.47. The lowest BCUT2D eigenvalue weighted by Gasteiger charge is -2.04. The zero-order chi connectivity index (χ0) is 17.8. The third-order valence-electron chi connectivity index (χ3n) is 3.83. The number of benzene rings is 2. The van der Waals surface area contributed by atoms with Gasteiger partial charge in [-0.1, -0.05) is 72.4 Å². The van der Waals surface area contributed by atoms with Gasteiger partial charge in [0.25, 0.3) is 0 Å². The molecule has 0 unspecified atom stereocenters. The van der Waals surface area contributed by atoms with Gasteiger partial charge >= 0.3 is 5.69 Å². The van der Waals surface area contributed by atoms with E-state index in [0.717, 1.165) is 21.8 Å². The Kier molecular flexibility index (Phi) is 4.99. The molecule has 1 N–H and O–H groups in total. The average molecular weight is 380 g/mol. The summed E-state index contributed by atoms with van der Waals surface area (Å²) in [4.78, 5) is 16.8. The first kappa shape index (κ1) is 16.8. The maximum absolute atomic E-state index is 12.1. The van der Waals surface area contributed by atoms with Crippen LogP contribution < -0.4 is 5.69 Å². The van der Waals surface area contributed by atoms with Gasteiger partial charge in [0.05, 0.1) is 12.2 Å². The Hall–Kier alpha value is -2.64. The van der Waals surface area contributed by atoms with E-state index in [1.54, 1.807) is 15.9 Å². The van der Waals surface area contributed by atoms with Crippen molar-refractivity contribution in [3.05, 3.63) is 87.8 Å². The molecule has 2 aromatic heterocycles. The summed E-state index contributed by atoms with van der Waals surface area (Å²) in [5.41, 5.74) is 2.98. The third kappa shape index (κ3) is 3.79. The van der Waals surface area contributed by atoms with Crippen molar-refractivity contribution in [1.82, 2.24) is 19.7 Å². The minimum atomic E-state index is -0.195. The molecule has 0 aliphatic rings. The second-order valence-electron chi connectivity index (χ2n) is 5.68. The summed E-state index contributed by atoms with van der Waals surface area (Å²) in [5.74, 6) is 0.669. The predicted molar refractivity (Wildman–Crippen MR) is 106 cm³/mol. The SMILES string of the molecule is O=c1[nH]nc(SCc2csc(-c3ccccc3)n2)n1Cc1ccccc1. The van der Waals surface area contributed by atoms with Gasteiger partial charge in [-0.3, -0.25) is 4.57 Å². The third-order valence-corrected chi connectivity index (χ3v) is 5.78. The van der Waals surface area contributed by atoms with Gasteiger partial charge in [0.2, 0.25) is 0 Å². The molecule has 0 atom stereocenters. The molecule has 5 nitrogen and oxygen atoms in total. The summed E-state index contributed by atoms with van der Waals surface area (Å²) in [6.07, 6.45) is 0. The summed E-state index contributed by atoms with van der Waals surface area (Å²) in [5, 5.41) is 10.4. The highest BCUT2D eigenvalue weighted by Crippen LogP contribution is 2.27. The average Bonchev–Trinajstić information content (AvgIpc) is 3.29. The molecule has 2 heterocycles. The van der Waals surface area contributed by atoms with Crippen molar-refractivity contribution >= 4 is 23.1 Å². The molecule has 0 spiro atoms. The molecule has 0 amide bonds. The molecule has 0 saturated heterocycles. The van der Waals surface area contributed by atoms with Gasteiger partial charge < -0.3 is 0 Å². The van der Waals surface area contributed by atoms with Gasteiger partial charge in [-0.25, -0.2) is 14.9 Å². The highest BCUT2D eigenvalue weighted by molar-refractivity contribution is 7.98. The Morgan fingerprint density at radius 3 is 2.54 bits per heavy atom. The lowest BCUT2D eigenvalue weighted by Crippen LogP contribution is -2.18. The fourth-order valence-corrected chi connectivity index (χ4v) is 4.31.